The Balaban J connectivity index is 2.42. The van der Waals surface area contributed by atoms with Gasteiger partial charge in [0.2, 0.25) is 5.51 Å². The Hall–Kier alpha value is -0.370. The lowest BCUT2D eigenvalue weighted by Crippen LogP contribution is -2.37. The predicted molar refractivity (Wildman–Crippen MR) is 46.9 cm³/mol. The van der Waals surface area contributed by atoms with E-state index in [1.54, 1.807) is 10.6 Å². The van der Waals surface area contributed by atoms with Crippen molar-refractivity contribution >= 4 is 11.3 Å². The van der Waals surface area contributed by atoms with Gasteiger partial charge in [0.15, 0.2) is 11.7 Å². The molecule has 1 aliphatic carbocycles. The third kappa shape index (κ3) is 1.09. The van der Waals surface area contributed by atoms with Gasteiger partial charge in [0, 0.05) is 6.42 Å². The highest BCUT2D eigenvalue weighted by molar-refractivity contribution is 7.09. The Kier molecular flexibility index (Phi) is 1.72. The zero-order chi connectivity index (χ0) is 7.84. The average molecular weight is 168 g/mol. The minimum atomic E-state index is 0.646. The SMILES string of the molecule is CC(C)[n+]1csc2c1CCC2. The maximum absolute atomic E-state index is 2.42. The maximum atomic E-state index is 2.42. The highest BCUT2D eigenvalue weighted by Gasteiger charge is 2.25. The first-order valence-electron chi connectivity index (χ1n) is 4.29. The van der Waals surface area contributed by atoms with Crippen molar-refractivity contribution in [2.45, 2.75) is 39.2 Å². The van der Waals surface area contributed by atoms with E-state index in [9.17, 15) is 0 Å². The van der Waals surface area contributed by atoms with Gasteiger partial charge in [-0.1, -0.05) is 11.3 Å². The normalized spacial score (nSPS) is 15.9. The molecule has 1 aromatic heterocycles. The van der Waals surface area contributed by atoms with Gasteiger partial charge >= 0.3 is 0 Å². The van der Waals surface area contributed by atoms with Gasteiger partial charge in [-0.2, -0.15) is 4.57 Å². The van der Waals surface area contributed by atoms with Gasteiger partial charge in [-0.25, -0.2) is 0 Å². The standard InChI is InChI=1S/C9H14NS/c1-7(2)10-6-11-9-5-3-4-8(9)10/h6-7H,3-5H2,1-2H3/q+1. The molecule has 0 saturated carbocycles. The van der Waals surface area contributed by atoms with Gasteiger partial charge in [0.05, 0.1) is 4.88 Å². The van der Waals surface area contributed by atoms with Crippen LogP contribution in [-0.4, -0.2) is 0 Å². The lowest BCUT2D eigenvalue weighted by Gasteiger charge is -1.97. The van der Waals surface area contributed by atoms with E-state index in [4.69, 9.17) is 0 Å². The van der Waals surface area contributed by atoms with Crippen LogP contribution >= 0.6 is 11.3 Å². The van der Waals surface area contributed by atoms with Gasteiger partial charge in [-0.3, -0.25) is 0 Å². The van der Waals surface area contributed by atoms with E-state index < -0.39 is 0 Å². The smallest absolute Gasteiger partial charge is 0.190 e. The van der Waals surface area contributed by atoms with Gasteiger partial charge in [0.1, 0.15) is 0 Å². The van der Waals surface area contributed by atoms with Crippen molar-refractivity contribution in [2.24, 2.45) is 0 Å². The van der Waals surface area contributed by atoms with E-state index in [2.05, 4.69) is 23.9 Å². The molecule has 0 spiro atoms. The van der Waals surface area contributed by atoms with Gasteiger partial charge in [-0.05, 0) is 26.7 Å². The molecule has 0 aromatic carbocycles. The van der Waals surface area contributed by atoms with E-state index >= 15 is 0 Å². The number of nitrogens with zero attached hydrogens (tertiary/aromatic N) is 1. The summed E-state index contributed by atoms with van der Waals surface area (Å²) in [4.78, 5) is 1.62. The molecular weight excluding hydrogens is 154 g/mol. The van der Waals surface area contributed by atoms with Crippen molar-refractivity contribution in [1.82, 2.24) is 0 Å². The molecule has 2 heteroatoms. The van der Waals surface area contributed by atoms with Crippen LogP contribution in [0.25, 0.3) is 0 Å². The van der Waals surface area contributed by atoms with Crippen LogP contribution in [-0.2, 0) is 12.8 Å². The van der Waals surface area contributed by atoms with Crippen molar-refractivity contribution < 1.29 is 4.57 Å². The fourth-order valence-electron chi connectivity index (χ4n) is 1.72. The molecular formula is C9H14NS+. The number of rotatable bonds is 1. The molecule has 2 rings (SSSR count). The first kappa shape index (κ1) is 7.29. The number of hydrogen-bond acceptors (Lipinski definition) is 1. The Morgan fingerprint density at radius 1 is 1.45 bits per heavy atom. The summed E-state index contributed by atoms with van der Waals surface area (Å²) in [6.07, 6.45) is 3.99. The Morgan fingerprint density at radius 2 is 2.27 bits per heavy atom. The van der Waals surface area contributed by atoms with Crippen LogP contribution in [0.15, 0.2) is 5.51 Å². The van der Waals surface area contributed by atoms with Crippen molar-refractivity contribution in [3.05, 3.63) is 16.1 Å². The summed E-state index contributed by atoms with van der Waals surface area (Å²) < 4.78 is 2.42. The summed E-state index contributed by atoms with van der Waals surface area (Å²) in [5.41, 5.74) is 3.87. The van der Waals surface area contributed by atoms with Crippen molar-refractivity contribution in [1.29, 1.82) is 0 Å². The van der Waals surface area contributed by atoms with Gasteiger partial charge in [-0.15, -0.1) is 0 Å². The van der Waals surface area contributed by atoms with E-state index in [-0.39, 0.29) is 0 Å². The fourth-order valence-corrected chi connectivity index (χ4v) is 2.93. The van der Waals surface area contributed by atoms with Crippen molar-refractivity contribution in [3.63, 3.8) is 0 Å². The summed E-state index contributed by atoms with van der Waals surface area (Å²) in [5.74, 6) is 0. The topological polar surface area (TPSA) is 3.88 Å². The molecule has 0 N–H and O–H groups in total. The second-order valence-corrected chi connectivity index (χ2v) is 4.39. The second-order valence-electron chi connectivity index (χ2n) is 3.45. The number of aromatic nitrogens is 1. The van der Waals surface area contributed by atoms with Crippen LogP contribution in [0.2, 0.25) is 0 Å². The molecule has 11 heavy (non-hydrogen) atoms. The molecule has 0 atom stereocenters. The number of thiazole rings is 1. The molecule has 0 fully saturated rings. The number of aryl methyl sites for hydroxylation is 1. The predicted octanol–water partition coefficient (Wildman–Crippen LogP) is 2.11. The van der Waals surface area contributed by atoms with Gasteiger partial charge < -0.3 is 0 Å². The Labute approximate surface area is 71.7 Å². The second kappa shape index (κ2) is 2.59. The van der Waals surface area contributed by atoms with Gasteiger partial charge in [0.25, 0.3) is 0 Å². The highest BCUT2D eigenvalue weighted by atomic mass is 32.1. The number of hydrogen-bond donors (Lipinski definition) is 0. The molecule has 1 nitrogen and oxygen atoms in total. The summed E-state index contributed by atoms with van der Waals surface area (Å²) >= 11 is 1.93. The van der Waals surface area contributed by atoms with E-state index in [1.165, 1.54) is 19.3 Å². The van der Waals surface area contributed by atoms with Crippen LogP contribution in [0, 0.1) is 0 Å². The first-order chi connectivity index (χ1) is 5.29. The molecule has 1 aliphatic rings. The molecule has 0 bridgehead atoms. The average Bonchev–Trinajstić information content (AvgIpc) is 2.41. The quantitative estimate of drug-likeness (QED) is 0.565. The Bertz CT molecular complexity index is 263. The molecule has 0 saturated heterocycles. The van der Waals surface area contributed by atoms with E-state index in [0.717, 1.165) is 0 Å². The molecule has 0 aliphatic heterocycles. The van der Waals surface area contributed by atoms with Crippen LogP contribution in [0.4, 0.5) is 0 Å². The van der Waals surface area contributed by atoms with Crippen molar-refractivity contribution in [3.8, 4) is 0 Å². The first-order valence-corrected chi connectivity index (χ1v) is 5.17. The zero-order valence-electron chi connectivity index (χ0n) is 7.13. The Morgan fingerprint density at radius 3 is 3.00 bits per heavy atom. The minimum absolute atomic E-state index is 0.646. The molecule has 0 amide bonds. The third-order valence-electron chi connectivity index (χ3n) is 2.32. The lowest BCUT2D eigenvalue weighted by molar-refractivity contribution is -0.718. The van der Waals surface area contributed by atoms with E-state index in [1.807, 2.05) is 11.3 Å². The molecule has 60 valence electrons. The molecule has 0 unspecified atom stereocenters. The van der Waals surface area contributed by atoms with Crippen LogP contribution in [0.1, 0.15) is 36.9 Å². The summed E-state index contributed by atoms with van der Waals surface area (Å²) in [7, 11) is 0. The molecule has 1 aromatic rings. The summed E-state index contributed by atoms with van der Waals surface area (Å²) in [6, 6.07) is 0.646. The molecule has 0 radical (unpaired) electrons. The van der Waals surface area contributed by atoms with Crippen LogP contribution < -0.4 is 4.57 Å². The third-order valence-corrected chi connectivity index (χ3v) is 3.37. The monoisotopic (exact) mass is 168 g/mol. The lowest BCUT2D eigenvalue weighted by atomic mass is 10.3. The largest absolute Gasteiger partial charge is 0.225 e. The summed E-state index contributed by atoms with van der Waals surface area (Å²) in [6.45, 7) is 4.51. The summed E-state index contributed by atoms with van der Waals surface area (Å²) in [5, 5.41) is 0. The maximum Gasteiger partial charge on any atom is 0.225 e. The van der Waals surface area contributed by atoms with E-state index in [0.29, 0.717) is 6.04 Å². The zero-order valence-corrected chi connectivity index (χ0v) is 7.95. The van der Waals surface area contributed by atoms with Crippen molar-refractivity contribution in [2.75, 3.05) is 0 Å². The van der Waals surface area contributed by atoms with Crippen LogP contribution in [0.5, 0.6) is 0 Å². The number of fused-ring (bicyclic) bond motifs is 1. The molecule has 1 heterocycles. The fraction of sp³-hybridized carbons (Fsp3) is 0.667. The minimum Gasteiger partial charge on any atom is -0.190 e. The highest BCUT2D eigenvalue weighted by Crippen LogP contribution is 2.23. The van der Waals surface area contributed by atoms with Crippen LogP contribution in [0.3, 0.4) is 0 Å².